The van der Waals surface area contributed by atoms with E-state index in [9.17, 15) is 18.3 Å². The van der Waals surface area contributed by atoms with Crippen LogP contribution in [0.5, 0.6) is 0 Å². The van der Waals surface area contributed by atoms with Crippen LogP contribution in [-0.4, -0.2) is 51.0 Å². The Morgan fingerprint density at radius 3 is 2.45 bits per heavy atom. The fraction of sp³-hybridized carbons (Fsp3) is 0.417. The third-order valence-corrected chi connectivity index (χ3v) is 4.02. The molecular formula is C12H17NO6S. The minimum absolute atomic E-state index is 0.0134. The number of aliphatic hydroxyl groups is 1. The van der Waals surface area contributed by atoms with E-state index in [0.29, 0.717) is 0 Å². The average Bonchev–Trinajstić information content (AvgIpc) is 2.39. The number of carbonyl (C=O) groups is 1. The second-order valence-corrected chi connectivity index (χ2v) is 5.89. The highest BCUT2D eigenvalue weighted by molar-refractivity contribution is 7.89. The lowest BCUT2D eigenvalue weighted by molar-refractivity contribution is 0.0603. The molecule has 7 nitrogen and oxygen atoms in total. The van der Waals surface area contributed by atoms with Gasteiger partial charge < -0.3 is 14.9 Å². The fourth-order valence-electron chi connectivity index (χ4n) is 1.50. The zero-order chi connectivity index (χ0) is 15.2. The third kappa shape index (κ3) is 4.89. The maximum Gasteiger partial charge on any atom is 0.335 e. The maximum absolute atomic E-state index is 11.9. The van der Waals surface area contributed by atoms with Crippen LogP contribution < -0.4 is 4.72 Å². The molecule has 0 radical (unpaired) electrons. The van der Waals surface area contributed by atoms with Gasteiger partial charge in [-0.2, -0.15) is 0 Å². The molecule has 1 aromatic carbocycles. The number of carboxylic acid groups (broad SMARTS) is 1. The molecule has 0 amide bonds. The van der Waals surface area contributed by atoms with Crippen LogP contribution in [0.3, 0.4) is 0 Å². The Hall–Kier alpha value is -1.48. The molecule has 0 aromatic heterocycles. The number of rotatable bonds is 8. The molecule has 0 aliphatic heterocycles. The van der Waals surface area contributed by atoms with Crippen molar-refractivity contribution in [2.24, 2.45) is 0 Å². The summed E-state index contributed by atoms with van der Waals surface area (Å²) in [5.41, 5.74) is 0.0134. The lowest BCUT2D eigenvalue weighted by atomic mass is 10.2. The van der Waals surface area contributed by atoms with Crippen molar-refractivity contribution in [1.29, 1.82) is 0 Å². The monoisotopic (exact) mass is 303 g/mol. The second kappa shape index (κ2) is 7.34. The summed E-state index contributed by atoms with van der Waals surface area (Å²) in [6.45, 7) is 0.197. The highest BCUT2D eigenvalue weighted by Crippen LogP contribution is 2.10. The van der Waals surface area contributed by atoms with Crippen LogP contribution in [0.2, 0.25) is 0 Å². The number of hydrogen-bond acceptors (Lipinski definition) is 5. The highest BCUT2D eigenvalue weighted by Gasteiger charge is 2.15. The van der Waals surface area contributed by atoms with Crippen LogP contribution in [-0.2, 0) is 14.8 Å². The van der Waals surface area contributed by atoms with Crippen molar-refractivity contribution < 1.29 is 28.2 Å². The first kappa shape index (κ1) is 16.6. The van der Waals surface area contributed by atoms with Gasteiger partial charge >= 0.3 is 5.97 Å². The van der Waals surface area contributed by atoms with E-state index in [0.717, 1.165) is 0 Å². The number of nitrogens with one attached hydrogen (secondary N) is 1. The molecule has 0 bridgehead atoms. The quantitative estimate of drug-likeness (QED) is 0.626. The average molecular weight is 303 g/mol. The summed E-state index contributed by atoms with van der Waals surface area (Å²) in [4.78, 5) is 10.6. The molecule has 0 saturated heterocycles. The van der Waals surface area contributed by atoms with Crippen molar-refractivity contribution in [1.82, 2.24) is 4.72 Å². The molecule has 1 rings (SSSR count). The lowest BCUT2D eigenvalue weighted by Gasteiger charge is -2.10. The summed E-state index contributed by atoms with van der Waals surface area (Å²) in [6.07, 6.45) is -0.516. The maximum atomic E-state index is 11.9. The molecule has 1 aromatic rings. The van der Waals surface area contributed by atoms with Gasteiger partial charge in [-0.1, -0.05) is 0 Å². The molecule has 8 heteroatoms. The number of carboxylic acids is 1. The molecule has 0 aliphatic rings. The number of methoxy groups -OCH3 is 1. The number of aromatic carboxylic acids is 1. The van der Waals surface area contributed by atoms with Gasteiger partial charge in [0, 0.05) is 13.7 Å². The first-order valence-corrected chi connectivity index (χ1v) is 7.35. The van der Waals surface area contributed by atoms with Gasteiger partial charge in [0.2, 0.25) is 10.0 Å². The van der Waals surface area contributed by atoms with E-state index >= 15 is 0 Å². The SMILES string of the molecule is COCC(O)CCNS(=O)(=O)c1ccc(C(=O)O)cc1. The summed E-state index contributed by atoms with van der Waals surface area (Å²) in [5, 5.41) is 18.1. The minimum atomic E-state index is -3.71. The Balaban J connectivity index is 2.62. The van der Waals surface area contributed by atoms with Crippen molar-refractivity contribution in [3.8, 4) is 0 Å². The van der Waals surface area contributed by atoms with Crippen molar-refractivity contribution in [3.05, 3.63) is 29.8 Å². The van der Waals surface area contributed by atoms with E-state index in [-0.39, 0.29) is 30.0 Å². The standard InChI is InChI=1S/C12H17NO6S/c1-19-8-10(14)6-7-13-20(17,18)11-4-2-9(3-5-11)12(15)16/h2-5,10,13-14H,6-8H2,1H3,(H,15,16). The molecule has 0 spiro atoms. The molecule has 1 atom stereocenters. The number of ether oxygens (including phenoxy) is 1. The molecule has 0 saturated carbocycles. The van der Waals surface area contributed by atoms with E-state index in [1.54, 1.807) is 0 Å². The van der Waals surface area contributed by atoms with E-state index in [1.165, 1.54) is 31.4 Å². The van der Waals surface area contributed by atoms with E-state index in [1.807, 2.05) is 0 Å². The molecule has 0 fully saturated rings. The summed E-state index contributed by atoms with van der Waals surface area (Å²) in [5.74, 6) is -1.12. The van der Waals surface area contributed by atoms with Crippen molar-refractivity contribution in [3.63, 3.8) is 0 Å². The van der Waals surface area contributed by atoms with E-state index in [4.69, 9.17) is 9.84 Å². The van der Waals surface area contributed by atoms with E-state index in [2.05, 4.69) is 4.72 Å². The number of aliphatic hydroxyl groups excluding tert-OH is 1. The van der Waals surface area contributed by atoms with E-state index < -0.39 is 22.1 Å². The zero-order valence-corrected chi connectivity index (χ0v) is 11.8. The lowest BCUT2D eigenvalue weighted by Crippen LogP contribution is -2.28. The van der Waals surface area contributed by atoms with Crippen LogP contribution in [0, 0.1) is 0 Å². The summed E-state index contributed by atoms with van der Waals surface area (Å²) < 4.78 is 30.8. The first-order valence-electron chi connectivity index (χ1n) is 5.87. The van der Waals surface area contributed by atoms with Crippen LogP contribution in [0.1, 0.15) is 16.8 Å². The van der Waals surface area contributed by atoms with Gasteiger partial charge in [0.05, 0.1) is 23.2 Å². The van der Waals surface area contributed by atoms with Crippen LogP contribution in [0.4, 0.5) is 0 Å². The summed E-state index contributed by atoms with van der Waals surface area (Å²) in [6, 6.07) is 4.88. The number of benzene rings is 1. The Morgan fingerprint density at radius 2 is 1.95 bits per heavy atom. The number of hydrogen-bond donors (Lipinski definition) is 3. The molecule has 1 unspecified atom stereocenters. The topological polar surface area (TPSA) is 113 Å². The van der Waals surface area contributed by atoms with Crippen LogP contribution in [0.25, 0.3) is 0 Å². The Bertz CT molecular complexity index is 540. The molecular weight excluding hydrogens is 286 g/mol. The zero-order valence-electron chi connectivity index (χ0n) is 10.9. The molecule has 112 valence electrons. The molecule has 0 heterocycles. The van der Waals surface area contributed by atoms with Crippen molar-refractivity contribution >= 4 is 16.0 Å². The van der Waals surface area contributed by atoms with Gasteiger partial charge in [0.15, 0.2) is 0 Å². The fourth-order valence-corrected chi connectivity index (χ4v) is 2.54. The van der Waals surface area contributed by atoms with Gasteiger partial charge in [-0.05, 0) is 30.7 Å². The Morgan fingerprint density at radius 1 is 1.35 bits per heavy atom. The third-order valence-electron chi connectivity index (χ3n) is 2.54. The Labute approximate surface area is 117 Å². The predicted octanol–water partition coefficient (Wildman–Crippen LogP) is 0.0605. The second-order valence-electron chi connectivity index (χ2n) is 4.13. The van der Waals surface area contributed by atoms with Gasteiger partial charge in [-0.15, -0.1) is 0 Å². The molecule has 3 N–H and O–H groups in total. The smallest absolute Gasteiger partial charge is 0.335 e. The summed E-state index contributed by atoms with van der Waals surface area (Å²) >= 11 is 0. The van der Waals surface area contributed by atoms with Crippen molar-refractivity contribution in [2.45, 2.75) is 17.4 Å². The first-order chi connectivity index (χ1) is 9.36. The van der Waals surface area contributed by atoms with Gasteiger partial charge in [-0.25, -0.2) is 17.9 Å². The van der Waals surface area contributed by atoms with Crippen LogP contribution >= 0.6 is 0 Å². The van der Waals surface area contributed by atoms with Crippen molar-refractivity contribution in [2.75, 3.05) is 20.3 Å². The number of sulfonamides is 1. The highest BCUT2D eigenvalue weighted by atomic mass is 32.2. The van der Waals surface area contributed by atoms with Gasteiger partial charge in [0.1, 0.15) is 0 Å². The largest absolute Gasteiger partial charge is 0.478 e. The normalized spacial score (nSPS) is 13.1. The predicted molar refractivity (Wildman–Crippen MR) is 71.1 cm³/mol. The molecule has 20 heavy (non-hydrogen) atoms. The Kier molecular flexibility index (Phi) is 6.08. The van der Waals surface area contributed by atoms with Gasteiger partial charge in [0.25, 0.3) is 0 Å². The molecule has 0 aliphatic carbocycles. The van der Waals surface area contributed by atoms with Crippen LogP contribution in [0.15, 0.2) is 29.2 Å². The minimum Gasteiger partial charge on any atom is -0.478 e. The summed E-state index contributed by atoms with van der Waals surface area (Å²) in [7, 11) is -2.27. The van der Waals surface area contributed by atoms with Gasteiger partial charge in [-0.3, -0.25) is 0 Å².